The zero-order valence-electron chi connectivity index (χ0n) is 14.3. The van der Waals surface area contributed by atoms with Gasteiger partial charge in [-0.15, -0.1) is 0 Å². The molecular formula is C21H23NO2S. The van der Waals surface area contributed by atoms with E-state index in [9.17, 15) is 4.79 Å². The second kappa shape index (κ2) is 7.61. The molecule has 0 amide bonds. The summed E-state index contributed by atoms with van der Waals surface area (Å²) in [5.74, 6) is 1.07. The van der Waals surface area contributed by atoms with Gasteiger partial charge in [0.2, 0.25) is 0 Å². The summed E-state index contributed by atoms with van der Waals surface area (Å²) in [5, 5.41) is 1.35. The van der Waals surface area contributed by atoms with Crippen molar-refractivity contribution in [2.24, 2.45) is 5.92 Å². The van der Waals surface area contributed by atoms with Crippen molar-refractivity contribution in [2.75, 3.05) is 0 Å². The van der Waals surface area contributed by atoms with Crippen molar-refractivity contribution in [3.05, 3.63) is 59.9 Å². The monoisotopic (exact) mass is 353 g/mol. The third-order valence-electron chi connectivity index (χ3n) is 5.15. The number of hydrogen-bond donors (Lipinski definition) is 0. The zero-order valence-corrected chi connectivity index (χ0v) is 15.1. The summed E-state index contributed by atoms with van der Waals surface area (Å²) < 4.78 is 5.83. The lowest BCUT2D eigenvalue weighted by Crippen LogP contribution is -2.32. The molecule has 1 aromatic carbocycles. The summed E-state index contributed by atoms with van der Waals surface area (Å²) in [6.07, 6.45) is 9.28. The van der Waals surface area contributed by atoms with E-state index >= 15 is 0 Å². The lowest BCUT2D eigenvalue weighted by Gasteiger charge is -2.37. The van der Waals surface area contributed by atoms with Crippen LogP contribution in [-0.2, 0) is 6.61 Å². The second-order valence-electron chi connectivity index (χ2n) is 7.03. The SMILES string of the molecule is O=C(c1cncc(OCc2ccccc2)c1)C1CC2CCCC(C1)S2. The van der Waals surface area contributed by atoms with Crippen LogP contribution in [0.5, 0.6) is 5.75 Å². The van der Waals surface area contributed by atoms with Crippen molar-refractivity contribution >= 4 is 17.5 Å². The molecular weight excluding hydrogens is 330 g/mol. The highest BCUT2D eigenvalue weighted by Gasteiger charge is 2.36. The first-order chi connectivity index (χ1) is 12.3. The van der Waals surface area contributed by atoms with Crippen LogP contribution >= 0.6 is 11.8 Å². The average Bonchev–Trinajstić information content (AvgIpc) is 2.66. The van der Waals surface area contributed by atoms with Crippen molar-refractivity contribution in [1.29, 1.82) is 0 Å². The summed E-state index contributed by atoms with van der Waals surface area (Å²) in [6, 6.07) is 11.9. The standard InChI is InChI=1S/C21H23NO2S/c23-21(16-10-19-7-4-8-20(11-16)25-19)17-9-18(13-22-12-17)24-14-15-5-2-1-3-6-15/h1-3,5-6,9,12-13,16,19-20H,4,7-8,10-11,14H2. The molecule has 4 heteroatoms. The van der Waals surface area contributed by atoms with Gasteiger partial charge in [-0.1, -0.05) is 36.8 Å². The molecule has 2 aromatic rings. The minimum atomic E-state index is 0.155. The topological polar surface area (TPSA) is 39.2 Å². The van der Waals surface area contributed by atoms with E-state index in [4.69, 9.17) is 4.74 Å². The first-order valence-electron chi connectivity index (χ1n) is 9.09. The molecule has 4 rings (SSSR count). The van der Waals surface area contributed by atoms with Gasteiger partial charge in [-0.2, -0.15) is 11.8 Å². The van der Waals surface area contributed by atoms with Gasteiger partial charge < -0.3 is 4.74 Å². The lowest BCUT2D eigenvalue weighted by atomic mass is 9.85. The molecule has 1 aromatic heterocycles. The fourth-order valence-electron chi connectivity index (χ4n) is 3.88. The molecule has 2 bridgehead atoms. The predicted molar refractivity (Wildman–Crippen MR) is 101 cm³/mol. The third kappa shape index (κ3) is 4.06. The molecule has 0 N–H and O–H groups in total. The number of Topliss-reactive ketones (excluding diaryl/α,β-unsaturated/α-hetero) is 1. The van der Waals surface area contributed by atoms with Crippen LogP contribution in [-0.4, -0.2) is 21.3 Å². The van der Waals surface area contributed by atoms with E-state index in [1.807, 2.05) is 36.4 Å². The van der Waals surface area contributed by atoms with Crippen molar-refractivity contribution < 1.29 is 9.53 Å². The average molecular weight is 353 g/mol. The third-order valence-corrected chi connectivity index (χ3v) is 6.77. The highest BCUT2D eigenvalue weighted by Crippen LogP contribution is 2.44. The smallest absolute Gasteiger partial charge is 0.167 e. The molecule has 2 aliphatic heterocycles. The number of ether oxygens (including phenoxy) is 1. The summed E-state index contributed by atoms with van der Waals surface area (Å²) >= 11 is 2.11. The van der Waals surface area contributed by atoms with Crippen LogP contribution in [0.25, 0.3) is 0 Å². The molecule has 0 saturated carbocycles. The number of carbonyl (C=O) groups excluding carboxylic acids is 1. The molecule has 0 radical (unpaired) electrons. The summed E-state index contributed by atoms with van der Waals surface area (Å²) in [4.78, 5) is 17.2. The van der Waals surface area contributed by atoms with E-state index in [-0.39, 0.29) is 11.7 Å². The number of thioether (sulfide) groups is 1. The van der Waals surface area contributed by atoms with Gasteiger partial charge in [0.05, 0.1) is 6.20 Å². The highest BCUT2D eigenvalue weighted by molar-refractivity contribution is 8.00. The summed E-state index contributed by atoms with van der Waals surface area (Å²) in [7, 11) is 0. The van der Waals surface area contributed by atoms with E-state index in [1.54, 1.807) is 12.4 Å². The Bertz CT molecular complexity index is 722. The normalized spacial score (nSPS) is 25.4. The van der Waals surface area contributed by atoms with Crippen LogP contribution in [0.1, 0.15) is 48.0 Å². The Balaban J connectivity index is 1.42. The van der Waals surface area contributed by atoms with Crippen molar-refractivity contribution in [3.63, 3.8) is 0 Å². The van der Waals surface area contributed by atoms with Crippen LogP contribution in [0.15, 0.2) is 48.8 Å². The summed E-state index contributed by atoms with van der Waals surface area (Å²) in [5.41, 5.74) is 1.80. The van der Waals surface area contributed by atoms with E-state index in [1.165, 1.54) is 19.3 Å². The fraction of sp³-hybridized carbons (Fsp3) is 0.429. The van der Waals surface area contributed by atoms with Crippen molar-refractivity contribution in [3.8, 4) is 5.75 Å². The van der Waals surface area contributed by atoms with Gasteiger partial charge in [-0.05, 0) is 37.3 Å². The molecule has 2 atom stereocenters. The first-order valence-corrected chi connectivity index (χ1v) is 10.0. The Labute approximate surface area is 153 Å². The van der Waals surface area contributed by atoms with Crippen LogP contribution in [0, 0.1) is 5.92 Å². The van der Waals surface area contributed by atoms with E-state index in [0.717, 1.165) is 18.4 Å². The van der Waals surface area contributed by atoms with Gasteiger partial charge in [-0.3, -0.25) is 9.78 Å². The Morgan fingerprint density at radius 1 is 1.12 bits per heavy atom. The Kier molecular flexibility index (Phi) is 5.07. The molecule has 2 unspecified atom stereocenters. The second-order valence-corrected chi connectivity index (χ2v) is 8.63. The molecule has 0 aliphatic carbocycles. The van der Waals surface area contributed by atoms with Gasteiger partial charge >= 0.3 is 0 Å². The number of fused-ring (bicyclic) bond motifs is 2. The molecule has 2 saturated heterocycles. The zero-order chi connectivity index (χ0) is 17.1. The van der Waals surface area contributed by atoms with Crippen LogP contribution < -0.4 is 4.74 Å². The Morgan fingerprint density at radius 3 is 2.64 bits per heavy atom. The molecule has 130 valence electrons. The number of hydrogen-bond acceptors (Lipinski definition) is 4. The molecule has 25 heavy (non-hydrogen) atoms. The number of carbonyl (C=O) groups is 1. The lowest BCUT2D eigenvalue weighted by molar-refractivity contribution is 0.0896. The number of nitrogens with zero attached hydrogens (tertiary/aromatic N) is 1. The Morgan fingerprint density at radius 2 is 1.88 bits per heavy atom. The number of rotatable bonds is 5. The maximum Gasteiger partial charge on any atom is 0.167 e. The Hall–Kier alpha value is -1.81. The van der Waals surface area contributed by atoms with Gasteiger partial charge in [0.25, 0.3) is 0 Å². The molecule has 2 aliphatic rings. The van der Waals surface area contributed by atoms with E-state index < -0.39 is 0 Å². The van der Waals surface area contributed by atoms with Crippen molar-refractivity contribution in [2.45, 2.75) is 49.2 Å². The molecule has 3 nitrogen and oxygen atoms in total. The minimum absolute atomic E-state index is 0.155. The number of benzene rings is 1. The maximum absolute atomic E-state index is 13.0. The van der Waals surface area contributed by atoms with Gasteiger partial charge in [0.15, 0.2) is 5.78 Å². The van der Waals surface area contributed by atoms with Crippen LogP contribution in [0.2, 0.25) is 0 Å². The predicted octanol–water partition coefficient (Wildman–Crippen LogP) is 4.91. The van der Waals surface area contributed by atoms with Crippen LogP contribution in [0.4, 0.5) is 0 Å². The minimum Gasteiger partial charge on any atom is -0.487 e. The largest absolute Gasteiger partial charge is 0.487 e. The van der Waals surface area contributed by atoms with Gasteiger partial charge in [0, 0.05) is 28.2 Å². The van der Waals surface area contributed by atoms with Crippen molar-refractivity contribution in [1.82, 2.24) is 4.98 Å². The van der Waals surface area contributed by atoms with Gasteiger partial charge in [-0.25, -0.2) is 0 Å². The fourth-order valence-corrected chi connectivity index (χ4v) is 5.72. The summed E-state index contributed by atoms with van der Waals surface area (Å²) in [6.45, 7) is 0.490. The maximum atomic E-state index is 13.0. The van der Waals surface area contributed by atoms with E-state index in [2.05, 4.69) is 16.7 Å². The van der Waals surface area contributed by atoms with E-state index in [0.29, 0.717) is 28.4 Å². The number of ketones is 1. The van der Waals surface area contributed by atoms with Gasteiger partial charge in [0.1, 0.15) is 12.4 Å². The first kappa shape index (κ1) is 16.6. The molecule has 2 fully saturated rings. The number of aromatic nitrogens is 1. The highest BCUT2D eigenvalue weighted by atomic mass is 32.2. The quantitative estimate of drug-likeness (QED) is 0.716. The number of pyridine rings is 1. The molecule has 0 spiro atoms. The van der Waals surface area contributed by atoms with Crippen LogP contribution in [0.3, 0.4) is 0 Å². The molecule has 3 heterocycles.